The van der Waals surface area contributed by atoms with Gasteiger partial charge in [0, 0.05) is 42.6 Å². The molecule has 11 heteroatoms. The Morgan fingerprint density at radius 2 is 1.81 bits per heavy atom. The van der Waals surface area contributed by atoms with Gasteiger partial charge < -0.3 is 29.4 Å². The number of nitrogens with one attached hydrogen (secondary N) is 2. The molecule has 0 aliphatic carbocycles. The standard InChI is InChI=1S/C36H39FN6O4/c1-5-9-26-12-14-31(32(20-26)45-4)47-35-28(34(44)41-33-24(2)10-8-11-25(33)3)22-39-36(42-35)40-27-13-15-30(29(37)21-27)46-19-7-6-17-43-18-16-38-23-43/h8,10-16,18,20-23H,5-7,9,17,19H2,1-4H3,(H,41,44)(H,39,40,42). The maximum Gasteiger partial charge on any atom is 0.262 e. The van der Waals surface area contributed by atoms with Gasteiger partial charge in [-0.1, -0.05) is 37.6 Å². The number of unbranched alkanes of at least 4 members (excludes halogenated alkanes) is 1. The smallest absolute Gasteiger partial charge is 0.262 e. The highest BCUT2D eigenvalue weighted by atomic mass is 19.1. The number of rotatable bonds is 15. The summed E-state index contributed by atoms with van der Waals surface area (Å²) in [5, 5.41) is 5.98. The summed E-state index contributed by atoms with van der Waals surface area (Å²) in [5.41, 5.74) is 4.13. The molecule has 1 amide bonds. The normalized spacial score (nSPS) is 10.8. The van der Waals surface area contributed by atoms with Crippen LogP contribution in [0.2, 0.25) is 0 Å². The van der Waals surface area contributed by atoms with Crippen LogP contribution in [0, 0.1) is 19.7 Å². The number of aromatic nitrogens is 4. The van der Waals surface area contributed by atoms with Crippen LogP contribution in [0.4, 0.5) is 21.7 Å². The van der Waals surface area contributed by atoms with Crippen molar-refractivity contribution < 1.29 is 23.4 Å². The molecule has 0 bridgehead atoms. The van der Waals surface area contributed by atoms with Crippen molar-refractivity contribution >= 4 is 23.2 Å². The van der Waals surface area contributed by atoms with Gasteiger partial charge in [-0.15, -0.1) is 0 Å². The Hall–Kier alpha value is -5.45. The number of methoxy groups -OCH3 is 1. The quantitative estimate of drug-likeness (QED) is 0.111. The van der Waals surface area contributed by atoms with E-state index in [4.69, 9.17) is 14.2 Å². The third-order valence-corrected chi connectivity index (χ3v) is 7.51. The molecule has 3 aromatic carbocycles. The molecule has 0 aliphatic heterocycles. The van der Waals surface area contributed by atoms with Crippen LogP contribution < -0.4 is 24.8 Å². The molecule has 0 unspecified atom stereocenters. The van der Waals surface area contributed by atoms with Crippen molar-refractivity contribution in [3.05, 3.63) is 108 Å². The van der Waals surface area contributed by atoms with E-state index >= 15 is 0 Å². The summed E-state index contributed by atoms with van der Waals surface area (Å²) in [6.45, 7) is 7.15. The van der Waals surface area contributed by atoms with E-state index in [9.17, 15) is 9.18 Å². The zero-order chi connectivity index (χ0) is 33.2. The first kappa shape index (κ1) is 32.9. The highest BCUT2D eigenvalue weighted by Gasteiger charge is 2.21. The van der Waals surface area contributed by atoms with E-state index in [0.717, 1.165) is 48.9 Å². The molecule has 0 atom stereocenters. The molecule has 0 spiro atoms. The van der Waals surface area contributed by atoms with Gasteiger partial charge in [0.1, 0.15) is 5.56 Å². The summed E-state index contributed by atoms with van der Waals surface area (Å²) in [4.78, 5) is 26.5. The summed E-state index contributed by atoms with van der Waals surface area (Å²) in [7, 11) is 1.56. The lowest BCUT2D eigenvalue weighted by Crippen LogP contribution is -2.16. The van der Waals surface area contributed by atoms with Crippen molar-refractivity contribution in [2.45, 2.75) is 53.0 Å². The Balaban J connectivity index is 1.34. The second kappa shape index (κ2) is 15.7. The van der Waals surface area contributed by atoms with Crippen LogP contribution in [0.3, 0.4) is 0 Å². The SMILES string of the molecule is CCCc1ccc(Oc2nc(Nc3ccc(OCCCCn4ccnc4)c(F)c3)ncc2C(=O)Nc2c(C)cccc2C)c(OC)c1. The van der Waals surface area contributed by atoms with Crippen LogP contribution in [-0.2, 0) is 13.0 Å². The van der Waals surface area contributed by atoms with Gasteiger partial charge in [0.25, 0.3) is 5.91 Å². The van der Waals surface area contributed by atoms with Crippen LogP contribution in [0.25, 0.3) is 0 Å². The first-order chi connectivity index (χ1) is 22.8. The molecule has 2 aromatic heterocycles. The minimum atomic E-state index is -0.525. The maximum atomic E-state index is 15.0. The number of carbonyl (C=O) groups is 1. The first-order valence-electron chi connectivity index (χ1n) is 15.6. The molecule has 0 fully saturated rings. The zero-order valence-electron chi connectivity index (χ0n) is 27.0. The third-order valence-electron chi connectivity index (χ3n) is 7.51. The number of benzene rings is 3. The van der Waals surface area contributed by atoms with Crippen LogP contribution >= 0.6 is 0 Å². The number of ether oxygens (including phenoxy) is 3. The number of anilines is 3. The van der Waals surface area contributed by atoms with Crippen molar-refractivity contribution in [1.82, 2.24) is 19.5 Å². The predicted molar refractivity (Wildman–Crippen MR) is 180 cm³/mol. The molecular formula is C36H39FN6O4. The summed E-state index contributed by atoms with van der Waals surface area (Å²) < 4.78 is 34.4. The minimum Gasteiger partial charge on any atom is -0.493 e. The highest BCUT2D eigenvalue weighted by molar-refractivity contribution is 6.06. The van der Waals surface area contributed by atoms with Gasteiger partial charge in [0.05, 0.1) is 20.0 Å². The van der Waals surface area contributed by atoms with Crippen LogP contribution in [-0.4, -0.2) is 39.1 Å². The van der Waals surface area contributed by atoms with Gasteiger partial charge >= 0.3 is 0 Å². The fraction of sp³-hybridized carbons (Fsp3) is 0.278. The fourth-order valence-electron chi connectivity index (χ4n) is 5.02. The van der Waals surface area contributed by atoms with E-state index in [2.05, 4.69) is 32.5 Å². The van der Waals surface area contributed by atoms with Gasteiger partial charge in [-0.2, -0.15) is 4.98 Å². The van der Waals surface area contributed by atoms with Gasteiger partial charge in [-0.25, -0.2) is 14.4 Å². The Morgan fingerprint density at radius 1 is 1.00 bits per heavy atom. The first-order valence-corrected chi connectivity index (χ1v) is 15.6. The van der Waals surface area contributed by atoms with E-state index < -0.39 is 11.7 Å². The van der Waals surface area contributed by atoms with E-state index in [1.54, 1.807) is 37.8 Å². The number of imidazole rings is 1. The maximum absolute atomic E-state index is 15.0. The summed E-state index contributed by atoms with van der Waals surface area (Å²) in [6.07, 6.45) is 10.3. The molecular weight excluding hydrogens is 599 g/mol. The minimum absolute atomic E-state index is 0.00361. The summed E-state index contributed by atoms with van der Waals surface area (Å²) in [5.74, 6) is 0.188. The van der Waals surface area contributed by atoms with Gasteiger partial charge in [0.2, 0.25) is 11.8 Å². The number of hydrogen-bond acceptors (Lipinski definition) is 8. The van der Waals surface area contributed by atoms with E-state index in [1.165, 1.54) is 12.3 Å². The lowest BCUT2D eigenvalue weighted by Gasteiger charge is -2.16. The molecule has 47 heavy (non-hydrogen) atoms. The Labute approximate surface area is 274 Å². The lowest BCUT2D eigenvalue weighted by molar-refractivity contribution is 0.102. The van der Waals surface area contributed by atoms with E-state index in [-0.39, 0.29) is 23.1 Å². The number of nitrogens with zero attached hydrogens (tertiary/aromatic N) is 4. The topological polar surface area (TPSA) is 112 Å². The number of carbonyl (C=O) groups excluding carboxylic acids is 1. The Kier molecular flexibility index (Phi) is 11.0. The highest BCUT2D eigenvalue weighted by Crippen LogP contribution is 2.34. The van der Waals surface area contributed by atoms with Gasteiger partial charge in [0.15, 0.2) is 23.1 Å². The van der Waals surface area contributed by atoms with E-state index in [1.807, 2.05) is 54.9 Å². The van der Waals surface area contributed by atoms with Crippen molar-refractivity contribution in [3.8, 4) is 23.1 Å². The number of amides is 1. The van der Waals surface area contributed by atoms with Crippen molar-refractivity contribution in [1.29, 1.82) is 0 Å². The molecule has 10 nitrogen and oxygen atoms in total. The summed E-state index contributed by atoms with van der Waals surface area (Å²) in [6, 6.07) is 15.9. The molecule has 2 heterocycles. The van der Waals surface area contributed by atoms with Crippen molar-refractivity contribution in [2.24, 2.45) is 0 Å². The molecule has 0 radical (unpaired) electrons. The molecule has 244 valence electrons. The average molecular weight is 639 g/mol. The second-order valence-corrected chi connectivity index (χ2v) is 11.1. The molecule has 0 saturated heterocycles. The predicted octanol–water partition coefficient (Wildman–Crippen LogP) is 8.04. The van der Waals surface area contributed by atoms with Crippen LogP contribution in [0.5, 0.6) is 23.1 Å². The van der Waals surface area contributed by atoms with Gasteiger partial charge in [-0.3, -0.25) is 4.79 Å². The largest absolute Gasteiger partial charge is 0.493 e. The summed E-state index contributed by atoms with van der Waals surface area (Å²) >= 11 is 0. The van der Waals surface area contributed by atoms with Crippen LogP contribution in [0.1, 0.15) is 53.2 Å². The second-order valence-electron chi connectivity index (χ2n) is 11.1. The third kappa shape index (κ3) is 8.63. The van der Waals surface area contributed by atoms with Crippen LogP contribution in [0.15, 0.2) is 79.5 Å². The molecule has 0 saturated carbocycles. The number of halogens is 1. The molecule has 0 aliphatic rings. The molecule has 5 aromatic rings. The zero-order valence-corrected chi connectivity index (χ0v) is 27.0. The number of hydrogen-bond donors (Lipinski definition) is 2. The molecule has 5 rings (SSSR count). The Morgan fingerprint density at radius 3 is 2.53 bits per heavy atom. The Bertz CT molecular complexity index is 1790. The monoisotopic (exact) mass is 638 g/mol. The fourth-order valence-corrected chi connectivity index (χ4v) is 5.02. The van der Waals surface area contributed by atoms with Gasteiger partial charge in [-0.05, 0) is 74.1 Å². The lowest BCUT2D eigenvalue weighted by atomic mass is 10.1. The average Bonchev–Trinajstić information content (AvgIpc) is 3.58. The number of para-hydroxylation sites is 1. The molecule has 2 N–H and O–H groups in total. The number of aryl methyl sites for hydroxylation is 4. The van der Waals surface area contributed by atoms with Crippen molar-refractivity contribution in [2.75, 3.05) is 24.4 Å². The van der Waals surface area contributed by atoms with E-state index in [0.29, 0.717) is 29.5 Å². The van der Waals surface area contributed by atoms with Crippen molar-refractivity contribution in [3.63, 3.8) is 0 Å².